The molecular formula is C22H28N8O. The number of aromatic nitrogens is 5. The Morgan fingerprint density at radius 1 is 1.00 bits per heavy atom. The van der Waals surface area contributed by atoms with Gasteiger partial charge in [-0.15, -0.1) is 0 Å². The van der Waals surface area contributed by atoms with Crippen LogP contribution in [-0.4, -0.2) is 80.9 Å². The number of nitrogens with zero attached hydrogens (tertiary/aromatic N) is 8. The number of fused-ring (bicyclic) bond motifs is 1. The van der Waals surface area contributed by atoms with Crippen LogP contribution in [0.1, 0.15) is 30.6 Å². The van der Waals surface area contributed by atoms with E-state index in [2.05, 4.69) is 60.1 Å². The fraction of sp³-hybridized carbons (Fsp3) is 0.455. The minimum Gasteiger partial charge on any atom is -0.389 e. The molecule has 1 atom stereocenters. The summed E-state index contributed by atoms with van der Waals surface area (Å²) >= 11 is 0. The van der Waals surface area contributed by atoms with Gasteiger partial charge in [-0.05, 0) is 37.6 Å². The maximum Gasteiger partial charge on any atom is 0.225 e. The molecule has 31 heavy (non-hydrogen) atoms. The Morgan fingerprint density at radius 3 is 2.42 bits per heavy atom. The third-order valence-electron chi connectivity index (χ3n) is 6.17. The van der Waals surface area contributed by atoms with Crippen molar-refractivity contribution in [1.82, 2.24) is 29.5 Å². The van der Waals surface area contributed by atoms with Crippen molar-refractivity contribution >= 4 is 22.9 Å². The molecule has 9 heteroatoms. The Balaban J connectivity index is 1.32. The highest BCUT2D eigenvalue weighted by molar-refractivity contribution is 5.77. The van der Waals surface area contributed by atoms with Crippen molar-refractivity contribution in [3.8, 4) is 0 Å². The van der Waals surface area contributed by atoms with Gasteiger partial charge < -0.3 is 19.8 Å². The fourth-order valence-electron chi connectivity index (χ4n) is 4.20. The Bertz CT molecular complexity index is 1080. The molecule has 3 aromatic rings. The van der Waals surface area contributed by atoms with Gasteiger partial charge in [-0.25, -0.2) is 19.5 Å². The number of anilines is 2. The Labute approximate surface area is 181 Å². The smallest absolute Gasteiger partial charge is 0.225 e. The highest BCUT2D eigenvalue weighted by Crippen LogP contribution is 2.28. The van der Waals surface area contributed by atoms with Crippen molar-refractivity contribution in [2.24, 2.45) is 0 Å². The lowest BCUT2D eigenvalue weighted by Gasteiger charge is -2.35. The molecule has 5 heterocycles. The molecule has 162 valence electrons. The zero-order chi connectivity index (χ0) is 21.4. The number of likely N-dealkylation sites (N-methyl/N-ethyl adjacent to an activating group) is 1. The summed E-state index contributed by atoms with van der Waals surface area (Å²) in [7, 11) is 2.15. The maximum atomic E-state index is 9.65. The summed E-state index contributed by atoms with van der Waals surface area (Å²) in [6.45, 7) is 7.09. The second-order valence-corrected chi connectivity index (χ2v) is 8.35. The standard InChI is InChI=1S/C22H28N8O/c1-16(31)19-12-23-22(24-13-19)29-9-7-28(8-10-29)21-20-11-18(14-30(20)26-15-25-21)17-3-5-27(2)6-4-17/h3,11-16,31H,4-10H2,1-2H3. The van der Waals surface area contributed by atoms with Gasteiger partial charge in [-0.2, -0.15) is 5.10 Å². The van der Waals surface area contributed by atoms with E-state index in [0.29, 0.717) is 5.95 Å². The molecule has 9 nitrogen and oxygen atoms in total. The van der Waals surface area contributed by atoms with Crippen LogP contribution in [0.3, 0.4) is 0 Å². The van der Waals surface area contributed by atoms with Gasteiger partial charge in [0.2, 0.25) is 5.95 Å². The van der Waals surface area contributed by atoms with E-state index in [1.54, 1.807) is 25.6 Å². The van der Waals surface area contributed by atoms with Crippen LogP contribution in [0.25, 0.3) is 11.1 Å². The van der Waals surface area contributed by atoms with E-state index >= 15 is 0 Å². The lowest BCUT2D eigenvalue weighted by Crippen LogP contribution is -2.47. The Morgan fingerprint density at radius 2 is 1.74 bits per heavy atom. The molecule has 1 fully saturated rings. The zero-order valence-corrected chi connectivity index (χ0v) is 18.0. The molecule has 0 spiro atoms. The molecule has 0 saturated carbocycles. The van der Waals surface area contributed by atoms with Crippen molar-refractivity contribution in [3.63, 3.8) is 0 Å². The van der Waals surface area contributed by atoms with Crippen molar-refractivity contribution in [3.05, 3.63) is 48.2 Å². The van der Waals surface area contributed by atoms with Crippen LogP contribution in [-0.2, 0) is 0 Å². The lowest BCUT2D eigenvalue weighted by atomic mass is 10.0. The first kappa shape index (κ1) is 19.9. The monoisotopic (exact) mass is 420 g/mol. The van der Waals surface area contributed by atoms with Gasteiger partial charge in [-0.3, -0.25) is 0 Å². The highest BCUT2D eigenvalue weighted by Gasteiger charge is 2.23. The molecule has 0 amide bonds. The van der Waals surface area contributed by atoms with Crippen LogP contribution in [0.4, 0.5) is 11.8 Å². The molecule has 3 aromatic heterocycles. The summed E-state index contributed by atoms with van der Waals surface area (Å²) in [5.41, 5.74) is 4.40. The SMILES string of the molecule is CC(O)c1cnc(N2CCN(c3ncnn4cc(C5=CCN(C)CC5)cc34)CC2)nc1. The molecule has 2 aliphatic heterocycles. The van der Waals surface area contributed by atoms with Gasteiger partial charge in [0, 0.05) is 63.4 Å². The summed E-state index contributed by atoms with van der Waals surface area (Å²) in [6, 6.07) is 2.22. The van der Waals surface area contributed by atoms with E-state index in [4.69, 9.17) is 0 Å². The normalized spacial score (nSPS) is 19.0. The largest absolute Gasteiger partial charge is 0.389 e. The number of aliphatic hydroxyl groups is 1. The molecule has 0 aliphatic carbocycles. The predicted molar refractivity (Wildman–Crippen MR) is 120 cm³/mol. The van der Waals surface area contributed by atoms with E-state index in [9.17, 15) is 5.11 Å². The van der Waals surface area contributed by atoms with E-state index in [1.807, 2.05) is 4.52 Å². The van der Waals surface area contributed by atoms with Crippen molar-refractivity contribution in [2.75, 3.05) is 56.1 Å². The first-order chi connectivity index (χ1) is 15.1. The van der Waals surface area contributed by atoms with Crippen LogP contribution in [0.2, 0.25) is 0 Å². The van der Waals surface area contributed by atoms with Crippen molar-refractivity contribution < 1.29 is 5.11 Å². The van der Waals surface area contributed by atoms with Crippen LogP contribution in [0.15, 0.2) is 37.1 Å². The summed E-state index contributed by atoms with van der Waals surface area (Å²) in [5, 5.41) is 14.1. The van der Waals surface area contributed by atoms with E-state index in [0.717, 1.165) is 62.6 Å². The average molecular weight is 421 g/mol. The van der Waals surface area contributed by atoms with Crippen LogP contribution >= 0.6 is 0 Å². The van der Waals surface area contributed by atoms with Gasteiger partial charge in [0.15, 0.2) is 5.82 Å². The number of hydrogen-bond donors (Lipinski definition) is 1. The van der Waals surface area contributed by atoms with Gasteiger partial charge >= 0.3 is 0 Å². The summed E-state index contributed by atoms with van der Waals surface area (Å²) in [4.78, 5) is 20.3. The van der Waals surface area contributed by atoms with Gasteiger partial charge in [-0.1, -0.05) is 6.08 Å². The topological polar surface area (TPSA) is 85.9 Å². The van der Waals surface area contributed by atoms with Gasteiger partial charge in [0.25, 0.3) is 0 Å². The minimum absolute atomic E-state index is 0.553. The molecule has 5 rings (SSSR count). The molecule has 0 bridgehead atoms. The van der Waals surface area contributed by atoms with E-state index < -0.39 is 6.10 Å². The van der Waals surface area contributed by atoms with Crippen molar-refractivity contribution in [2.45, 2.75) is 19.4 Å². The van der Waals surface area contributed by atoms with Gasteiger partial charge in [0.05, 0.1) is 6.10 Å². The molecule has 1 saturated heterocycles. The van der Waals surface area contributed by atoms with Gasteiger partial charge in [0.1, 0.15) is 11.8 Å². The van der Waals surface area contributed by atoms with Crippen LogP contribution < -0.4 is 9.80 Å². The predicted octanol–water partition coefficient (Wildman–Crippen LogP) is 1.62. The first-order valence-corrected chi connectivity index (χ1v) is 10.8. The maximum absolute atomic E-state index is 9.65. The van der Waals surface area contributed by atoms with E-state index in [1.165, 1.54) is 11.1 Å². The van der Waals surface area contributed by atoms with E-state index in [-0.39, 0.29) is 0 Å². The zero-order valence-electron chi connectivity index (χ0n) is 18.0. The third kappa shape index (κ3) is 3.98. The molecule has 1 unspecified atom stereocenters. The third-order valence-corrected chi connectivity index (χ3v) is 6.17. The number of hydrogen-bond acceptors (Lipinski definition) is 8. The summed E-state index contributed by atoms with van der Waals surface area (Å²) < 4.78 is 1.95. The Hall–Kier alpha value is -3.04. The fourth-order valence-corrected chi connectivity index (χ4v) is 4.20. The second-order valence-electron chi connectivity index (χ2n) is 8.35. The lowest BCUT2D eigenvalue weighted by molar-refractivity contribution is 0.198. The van der Waals surface area contributed by atoms with Crippen LogP contribution in [0.5, 0.6) is 0 Å². The molecule has 2 aliphatic rings. The molecule has 0 aromatic carbocycles. The van der Waals surface area contributed by atoms with Crippen LogP contribution in [0, 0.1) is 0 Å². The van der Waals surface area contributed by atoms with Crippen molar-refractivity contribution in [1.29, 1.82) is 0 Å². The molecule has 1 N–H and O–H groups in total. The number of piperazine rings is 1. The highest BCUT2D eigenvalue weighted by atomic mass is 16.3. The average Bonchev–Trinajstić information content (AvgIpc) is 3.24. The Kier molecular flexibility index (Phi) is 5.29. The number of rotatable bonds is 4. The molecule has 0 radical (unpaired) electrons. The minimum atomic E-state index is -0.553. The second kappa shape index (κ2) is 8.24. The number of aliphatic hydroxyl groups excluding tert-OH is 1. The summed E-state index contributed by atoms with van der Waals surface area (Å²) in [6.07, 6.45) is 9.98. The first-order valence-electron chi connectivity index (χ1n) is 10.8. The molecular weight excluding hydrogens is 392 g/mol. The summed E-state index contributed by atoms with van der Waals surface area (Å²) in [5.74, 6) is 1.68. The quantitative estimate of drug-likeness (QED) is 0.682.